The van der Waals surface area contributed by atoms with Crippen LogP contribution < -0.4 is 5.32 Å². The summed E-state index contributed by atoms with van der Waals surface area (Å²) in [6, 6.07) is 12.9. The first kappa shape index (κ1) is 20.3. The largest absolute Gasteiger partial charge is 0.456 e. The summed E-state index contributed by atoms with van der Waals surface area (Å²) in [6.07, 6.45) is -0.173. The van der Waals surface area contributed by atoms with E-state index < -0.39 is 18.5 Å². The predicted molar refractivity (Wildman–Crippen MR) is 101 cm³/mol. The van der Waals surface area contributed by atoms with E-state index in [1.807, 2.05) is 0 Å². The van der Waals surface area contributed by atoms with Crippen LogP contribution in [0.5, 0.6) is 0 Å². The summed E-state index contributed by atoms with van der Waals surface area (Å²) in [6.45, 7) is 0.892. The van der Waals surface area contributed by atoms with Crippen molar-refractivity contribution in [3.8, 4) is 0 Å². The van der Waals surface area contributed by atoms with Gasteiger partial charge in [-0.1, -0.05) is 23.7 Å². The third kappa shape index (κ3) is 6.34. The molecule has 0 spiro atoms. The van der Waals surface area contributed by atoms with Crippen molar-refractivity contribution in [2.75, 3.05) is 11.9 Å². The van der Waals surface area contributed by atoms with Crippen LogP contribution in [0.1, 0.15) is 40.5 Å². The van der Waals surface area contributed by atoms with Gasteiger partial charge in [0.15, 0.2) is 18.2 Å². The first-order valence-corrected chi connectivity index (χ1v) is 8.59. The first-order valence-electron chi connectivity index (χ1n) is 8.21. The highest BCUT2D eigenvalue weighted by Gasteiger charge is 2.13. The van der Waals surface area contributed by atoms with Gasteiger partial charge in [-0.05, 0) is 43.3 Å². The maximum Gasteiger partial charge on any atom is 0.306 e. The number of Topliss-reactive ketones (excluding diaryl/α,β-unsaturated/α-hetero) is 2. The fraction of sp³-hybridized carbons (Fsp3) is 0.200. The fourth-order valence-corrected chi connectivity index (χ4v) is 2.43. The van der Waals surface area contributed by atoms with Gasteiger partial charge in [0, 0.05) is 22.6 Å². The summed E-state index contributed by atoms with van der Waals surface area (Å²) >= 11 is 5.76. The Morgan fingerprint density at radius 2 is 1.63 bits per heavy atom. The number of rotatable bonds is 8. The van der Waals surface area contributed by atoms with E-state index in [0.717, 1.165) is 0 Å². The molecule has 0 aromatic heterocycles. The Hall–Kier alpha value is -2.99. The van der Waals surface area contributed by atoms with Crippen LogP contribution in [0.2, 0.25) is 5.02 Å². The van der Waals surface area contributed by atoms with Gasteiger partial charge in [-0.25, -0.2) is 0 Å². The van der Waals surface area contributed by atoms with E-state index in [-0.39, 0.29) is 24.4 Å². The van der Waals surface area contributed by atoms with Gasteiger partial charge in [0.1, 0.15) is 0 Å². The van der Waals surface area contributed by atoms with E-state index in [1.54, 1.807) is 48.5 Å². The minimum absolute atomic E-state index is 0.0325. The number of anilines is 1. The van der Waals surface area contributed by atoms with Crippen LogP contribution in [0.25, 0.3) is 0 Å². The van der Waals surface area contributed by atoms with Crippen molar-refractivity contribution < 1.29 is 23.9 Å². The monoisotopic (exact) mass is 387 g/mol. The van der Waals surface area contributed by atoms with Crippen LogP contribution in [-0.4, -0.2) is 30.0 Å². The van der Waals surface area contributed by atoms with E-state index in [9.17, 15) is 19.2 Å². The SMILES string of the molecule is CC(=O)c1ccccc1NC(=O)COC(=O)CCC(=O)c1ccc(Cl)cc1. The highest BCUT2D eigenvalue weighted by molar-refractivity contribution is 6.30. The minimum atomic E-state index is -0.660. The average molecular weight is 388 g/mol. The zero-order valence-corrected chi connectivity index (χ0v) is 15.4. The molecule has 0 fully saturated rings. The molecular weight excluding hydrogens is 370 g/mol. The van der Waals surface area contributed by atoms with Crippen molar-refractivity contribution in [3.05, 3.63) is 64.7 Å². The van der Waals surface area contributed by atoms with Crippen LogP contribution in [-0.2, 0) is 14.3 Å². The Kier molecular flexibility index (Phi) is 7.25. The number of hydrogen-bond acceptors (Lipinski definition) is 5. The second-order valence-electron chi connectivity index (χ2n) is 5.74. The normalized spacial score (nSPS) is 10.1. The van der Waals surface area contributed by atoms with Crippen LogP contribution in [0, 0.1) is 0 Å². The summed E-state index contributed by atoms with van der Waals surface area (Å²) in [4.78, 5) is 47.1. The number of ether oxygens (including phenoxy) is 1. The van der Waals surface area contributed by atoms with Crippen molar-refractivity contribution in [1.29, 1.82) is 0 Å². The molecule has 7 heteroatoms. The molecule has 0 bridgehead atoms. The third-order valence-electron chi connectivity index (χ3n) is 3.67. The van der Waals surface area contributed by atoms with E-state index in [1.165, 1.54) is 6.92 Å². The number of hydrogen-bond donors (Lipinski definition) is 1. The molecule has 0 heterocycles. The van der Waals surface area contributed by atoms with Gasteiger partial charge in [-0.15, -0.1) is 0 Å². The molecule has 2 aromatic rings. The number of ketones is 2. The molecule has 0 aliphatic heterocycles. The molecule has 0 unspecified atom stereocenters. The van der Waals surface area contributed by atoms with Crippen molar-refractivity contribution in [1.82, 2.24) is 0 Å². The maximum atomic E-state index is 12.0. The summed E-state index contributed by atoms with van der Waals surface area (Å²) in [5, 5.41) is 3.04. The number of halogens is 1. The van der Waals surface area contributed by atoms with E-state index in [0.29, 0.717) is 21.8 Å². The lowest BCUT2D eigenvalue weighted by Crippen LogP contribution is -2.22. The molecule has 0 atom stereocenters. The molecule has 2 rings (SSSR count). The second-order valence-corrected chi connectivity index (χ2v) is 6.18. The molecular formula is C20H18ClNO5. The molecule has 0 saturated carbocycles. The molecule has 2 aromatic carbocycles. The van der Waals surface area contributed by atoms with Crippen LogP contribution >= 0.6 is 11.6 Å². The van der Waals surface area contributed by atoms with Gasteiger partial charge in [0.05, 0.1) is 12.1 Å². The van der Waals surface area contributed by atoms with Crippen molar-refractivity contribution in [2.24, 2.45) is 0 Å². The van der Waals surface area contributed by atoms with Crippen molar-refractivity contribution >= 4 is 40.7 Å². The van der Waals surface area contributed by atoms with Crippen LogP contribution in [0.15, 0.2) is 48.5 Å². The number of nitrogens with one attached hydrogen (secondary N) is 1. The molecule has 6 nitrogen and oxygen atoms in total. The van der Waals surface area contributed by atoms with E-state index in [2.05, 4.69) is 5.32 Å². The highest BCUT2D eigenvalue weighted by Crippen LogP contribution is 2.15. The topological polar surface area (TPSA) is 89.5 Å². The molecule has 27 heavy (non-hydrogen) atoms. The zero-order valence-electron chi connectivity index (χ0n) is 14.7. The summed E-state index contributed by atoms with van der Waals surface area (Å²) in [5.41, 5.74) is 1.17. The summed E-state index contributed by atoms with van der Waals surface area (Å²) < 4.78 is 4.87. The molecule has 1 N–H and O–H groups in total. The maximum absolute atomic E-state index is 12.0. The van der Waals surface area contributed by atoms with Gasteiger partial charge < -0.3 is 10.1 Å². The van der Waals surface area contributed by atoms with Crippen LogP contribution in [0.3, 0.4) is 0 Å². The highest BCUT2D eigenvalue weighted by atomic mass is 35.5. The Balaban J connectivity index is 1.78. The number of amides is 1. The Bertz CT molecular complexity index is 861. The van der Waals surface area contributed by atoms with Gasteiger partial charge in [0.25, 0.3) is 5.91 Å². The van der Waals surface area contributed by atoms with E-state index in [4.69, 9.17) is 16.3 Å². The average Bonchev–Trinajstić information content (AvgIpc) is 2.65. The lowest BCUT2D eigenvalue weighted by atomic mass is 10.1. The van der Waals surface area contributed by atoms with Crippen molar-refractivity contribution in [3.63, 3.8) is 0 Å². The van der Waals surface area contributed by atoms with Gasteiger partial charge in [-0.3, -0.25) is 19.2 Å². The summed E-state index contributed by atoms with van der Waals surface area (Å²) in [7, 11) is 0. The van der Waals surface area contributed by atoms with Gasteiger partial charge >= 0.3 is 5.97 Å². The quantitative estimate of drug-likeness (QED) is 0.551. The molecule has 1 amide bonds. The molecule has 0 saturated heterocycles. The van der Waals surface area contributed by atoms with Gasteiger partial charge in [0.2, 0.25) is 0 Å². The lowest BCUT2D eigenvalue weighted by Gasteiger charge is -2.09. The second kappa shape index (κ2) is 9.64. The minimum Gasteiger partial charge on any atom is -0.456 e. The third-order valence-corrected chi connectivity index (χ3v) is 3.92. The zero-order chi connectivity index (χ0) is 19.8. The van der Waals surface area contributed by atoms with Crippen LogP contribution in [0.4, 0.5) is 5.69 Å². The number of esters is 1. The smallest absolute Gasteiger partial charge is 0.306 e. The molecule has 140 valence electrons. The number of carbonyl (C=O) groups excluding carboxylic acids is 4. The molecule has 0 radical (unpaired) electrons. The number of carbonyl (C=O) groups is 4. The molecule has 0 aliphatic rings. The molecule has 0 aliphatic carbocycles. The Labute approximate surface area is 161 Å². The first-order chi connectivity index (χ1) is 12.9. The Morgan fingerprint density at radius 1 is 0.963 bits per heavy atom. The van der Waals surface area contributed by atoms with Crippen molar-refractivity contribution in [2.45, 2.75) is 19.8 Å². The fourth-order valence-electron chi connectivity index (χ4n) is 2.30. The standard InChI is InChI=1S/C20H18ClNO5/c1-13(23)16-4-2-3-5-17(16)22-19(25)12-27-20(26)11-10-18(24)14-6-8-15(21)9-7-14/h2-9H,10-12H2,1H3,(H,22,25). The number of benzene rings is 2. The van der Waals surface area contributed by atoms with Gasteiger partial charge in [-0.2, -0.15) is 0 Å². The van der Waals surface area contributed by atoms with E-state index >= 15 is 0 Å². The lowest BCUT2D eigenvalue weighted by molar-refractivity contribution is -0.147. The number of para-hydroxylation sites is 1. The predicted octanol–water partition coefficient (Wildman–Crippen LogP) is 3.69. The Morgan fingerprint density at radius 3 is 2.30 bits per heavy atom. The summed E-state index contributed by atoms with van der Waals surface area (Å²) in [5.74, 6) is -1.64.